The van der Waals surface area contributed by atoms with Crippen molar-refractivity contribution in [1.29, 1.82) is 0 Å². The van der Waals surface area contributed by atoms with Crippen LogP contribution >= 0.6 is 0 Å². The van der Waals surface area contributed by atoms with E-state index in [1.165, 1.54) is 22.5 Å². The second-order valence-electron chi connectivity index (χ2n) is 8.72. The molecule has 0 aromatic heterocycles. The number of aryl methyl sites for hydroxylation is 1. The Morgan fingerprint density at radius 1 is 0.941 bits per heavy atom. The van der Waals surface area contributed by atoms with Crippen LogP contribution in [0.15, 0.2) is 41.3 Å². The van der Waals surface area contributed by atoms with Crippen molar-refractivity contribution in [1.82, 2.24) is 9.21 Å². The molecule has 1 amide bonds. The molecule has 3 aliphatic heterocycles. The number of hydrogen-bond acceptors (Lipinski definition) is 6. The van der Waals surface area contributed by atoms with Gasteiger partial charge in [-0.05, 0) is 36.6 Å². The molecule has 3 aliphatic rings. The third-order valence-corrected chi connectivity index (χ3v) is 8.43. The van der Waals surface area contributed by atoms with Crippen LogP contribution in [0.1, 0.15) is 18.4 Å². The minimum Gasteiger partial charge on any atom is -0.490 e. The Labute approximate surface area is 198 Å². The zero-order valence-corrected chi connectivity index (χ0v) is 19.7. The molecule has 2 aromatic carbocycles. The van der Waals surface area contributed by atoms with Crippen LogP contribution in [0.25, 0.3) is 0 Å². The van der Waals surface area contributed by atoms with Gasteiger partial charge in [-0.2, -0.15) is 4.31 Å². The second-order valence-corrected chi connectivity index (χ2v) is 10.7. The average molecular weight is 490 g/mol. The zero-order chi connectivity index (χ0) is 23.7. The van der Waals surface area contributed by atoms with E-state index < -0.39 is 10.0 Å². The lowest BCUT2D eigenvalue weighted by Crippen LogP contribution is -2.53. The lowest BCUT2D eigenvalue weighted by atomic mass is 10.0. The Kier molecular flexibility index (Phi) is 6.35. The molecule has 34 heavy (non-hydrogen) atoms. The number of sulfonamides is 1. The van der Waals surface area contributed by atoms with E-state index >= 15 is 0 Å². The standard InChI is InChI=1S/C24H28FN3O5S/c25-20-6-1-4-18-5-2-9-27(24(18)20)17-23(29)26-10-12-28(13-11-26)34(30,31)19-7-8-21-22(16-19)33-15-3-14-32-21/h1,4,6-8,16H,2-3,5,9-15,17H2. The van der Waals surface area contributed by atoms with E-state index in [1.807, 2.05) is 6.07 Å². The molecule has 182 valence electrons. The van der Waals surface area contributed by atoms with Gasteiger partial charge in [0.2, 0.25) is 15.9 Å². The van der Waals surface area contributed by atoms with E-state index in [2.05, 4.69) is 0 Å². The van der Waals surface area contributed by atoms with Crippen molar-refractivity contribution in [3.63, 3.8) is 0 Å². The molecule has 0 radical (unpaired) electrons. The Hall–Kier alpha value is -2.85. The van der Waals surface area contributed by atoms with Crippen molar-refractivity contribution in [2.24, 2.45) is 0 Å². The third kappa shape index (κ3) is 4.44. The van der Waals surface area contributed by atoms with E-state index in [1.54, 1.807) is 21.9 Å². The molecule has 0 spiro atoms. The zero-order valence-electron chi connectivity index (χ0n) is 18.9. The molecular weight excluding hydrogens is 461 g/mol. The summed E-state index contributed by atoms with van der Waals surface area (Å²) in [5, 5.41) is 0. The molecule has 0 saturated carbocycles. The first-order chi connectivity index (χ1) is 16.4. The molecule has 2 aromatic rings. The summed E-state index contributed by atoms with van der Waals surface area (Å²) in [5.41, 5.74) is 1.43. The van der Waals surface area contributed by atoms with Crippen LogP contribution in [0.3, 0.4) is 0 Å². The molecule has 0 atom stereocenters. The Morgan fingerprint density at radius 3 is 2.50 bits per heavy atom. The van der Waals surface area contributed by atoms with Gasteiger partial charge in [-0.15, -0.1) is 0 Å². The van der Waals surface area contributed by atoms with Crippen LogP contribution < -0.4 is 14.4 Å². The van der Waals surface area contributed by atoms with Crippen LogP contribution in [0.4, 0.5) is 10.1 Å². The first kappa shape index (κ1) is 22.9. The van der Waals surface area contributed by atoms with Crippen LogP contribution in [0.2, 0.25) is 0 Å². The minimum atomic E-state index is -3.73. The van der Waals surface area contributed by atoms with Gasteiger partial charge in [0.1, 0.15) is 5.82 Å². The minimum absolute atomic E-state index is 0.0862. The maximum absolute atomic E-state index is 14.4. The van der Waals surface area contributed by atoms with Crippen LogP contribution in [0.5, 0.6) is 11.5 Å². The number of hydrogen-bond donors (Lipinski definition) is 0. The molecule has 0 aliphatic carbocycles. The van der Waals surface area contributed by atoms with Gasteiger partial charge in [-0.25, -0.2) is 12.8 Å². The van der Waals surface area contributed by atoms with E-state index in [0.29, 0.717) is 50.0 Å². The van der Waals surface area contributed by atoms with E-state index in [0.717, 1.165) is 24.8 Å². The summed E-state index contributed by atoms with van der Waals surface area (Å²) in [6, 6.07) is 9.69. The number of benzene rings is 2. The van der Waals surface area contributed by atoms with Gasteiger partial charge in [0.05, 0.1) is 30.3 Å². The smallest absolute Gasteiger partial charge is 0.243 e. The highest BCUT2D eigenvalue weighted by molar-refractivity contribution is 7.89. The molecule has 8 nitrogen and oxygen atoms in total. The molecule has 10 heteroatoms. The summed E-state index contributed by atoms with van der Waals surface area (Å²) in [6.07, 6.45) is 2.40. The van der Waals surface area contributed by atoms with Gasteiger partial charge in [0.15, 0.2) is 11.5 Å². The number of halogens is 1. The fourth-order valence-electron chi connectivity index (χ4n) is 4.74. The Balaban J connectivity index is 1.23. The quantitative estimate of drug-likeness (QED) is 0.656. The largest absolute Gasteiger partial charge is 0.490 e. The number of anilines is 1. The van der Waals surface area contributed by atoms with Crippen molar-refractivity contribution in [2.75, 3.05) is 57.4 Å². The second kappa shape index (κ2) is 9.42. The Bertz CT molecular complexity index is 1180. The SMILES string of the molecule is O=C(CN1CCCc2cccc(F)c21)N1CCN(S(=O)(=O)c2ccc3c(c2)OCCCO3)CC1. The number of para-hydroxylation sites is 1. The van der Waals surface area contributed by atoms with E-state index in [-0.39, 0.29) is 36.3 Å². The number of fused-ring (bicyclic) bond motifs is 2. The average Bonchev–Trinajstić information content (AvgIpc) is 3.09. The molecular formula is C24H28FN3O5S. The summed E-state index contributed by atoms with van der Waals surface area (Å²) in [5.74, 6) is 0.545. The molecule has 1 fully saturated rings. The van der Waals surface area contributed by atoms with E-state index in [9.17, 15) is 17.6 Å². The van der Waals surface area contributed by atoms with Gasteiger partial charge in [0.25, 0.3) is 0 Å². The third-order valence-electron chi connectivity index (χ3n) is 6.53. The van der Waals surface area contributed by atoms with Gasteiger partial charge >= 0.3 is 0 Å². The first-order valence-corrected chi connectivity index (χ1v) is 13.1. The van der Waals surface area contributed by atoms with Gasteiger partial charge in [-0.1, -0.05) is 12.1 Å². The summed E-state index contributed by atoms with van der Waals surface area (Å²) >= 11 is 0. The molecule has 0 bridgehead atoms. The molecule has 5 rings (SSSR count). The molecule has 0 N–H and O–H groups in total. The molecule has 3 heterocycles. The fourth-order valence-corrected chi connectivity index (χ4v) is 6.18. The summed E-state index contributed by atoms with van der Waals surface area (Å²) in [6.45, 7) is 2.70. The normalized spacial score (nSPS) is 18.9. The highest BCUT2D eigenvalue weighted by Crippen LogP contribution is 2.33. The van der Waals surface area contributed by atoms with Crippen molar-refractivity contribution in [3.05, 3.63) is 47.8 Å². The highest BCUT2D eigenvalue weighted by Gasteiger charge is 2.32. The molecule has 1 saturated heterocycles. The van der Waals surface area contributed by atoms with Gasteiger partial charge < -0.3 is 19.3 Å². The highest BCUT2D eigenvalue weighted by atomic mass is 32.2. The summed E-state index contributed by atoms with van der Waals surface area (Å²) < 4.78 is 53.5. The predicted molar refractivity (Wildman–Crippen MR) is 124 cm³/mol. The van der Waals surface area contributed by atoms with Crippen molar-refractivity contribution in [2.45, 2.75) is 24.2 Å². The molecule has 0 unspecified atom stereocenters. The summed E-state index contributed by atoms with van der Waals surface area (Å²) in [4.78, 5) is 16.6. The van der Waals surface area contributed by atoms with Crippen LogP contribution in [-0.4, -0.2) is 76.0 Å². The number of carbonyl (C=O) groups is 1. The maximum Gasteiger partial charge on any atom is 0.243 e. The fraction of sp³-hybridized carbons (Fsp3) is 0.458. The van der Waals surface area contributed by atoms with Crippen molar-refractivity contribution < 1.29 is 27.1 Å². The number of piperazine rings is 1. The van der Waals surface area contributed by atoms with Crippen LogP contribution in [0, 0.1) is 5.82 Å². The van der Waals surface area contributed by atoms with Gasteiger partial charge in [0, 0.05) is 45.2 Å². The first-order valence-electron chi connectivity index (χ1n) is 11.6. The monoisotopic (exact) mass is 489 g/mol. The number of amides is 1. The number of nitrogens with zero attached hydrogens (tertiary/aromatic N) is 3. The maximum atomic E-state index is 14.4. The van der Waals surface area contributed by atoms with Crippen LogP contribution in [-0.2, 0) is 21.2 Å². The lowest BCUT2D eigenvalue weighted by molar-refractivity contribution is -0.130. The lowest BCUT2D eigenvalue weighted by Gasteiger charge is -2.37. The van der Waals surface area contributed by atoms with Crippen molar-refractivity contribution >= 4 is 21.6 Å². The predicted octanol–water partition coefficient (Wildman–Crippen LogP) is 2.27. The number of rotatable bonds is 4. The summed E-state index contributed by atoms with van der Waals surface area (Å²) in [7, 11) is -3.73. The number of ether oxygens (including phenoxy) is 2. The number of carbonyl (C=O) groups excluding carboxylic acids is 1. The van der Waals surface area contributed by atoms with E-state index in [4.69, 9.17) is 9.47 Å². The Morgan fingerprint density at radius 2 is 1.71 bits per heavy atom. The van der Waals surface area contributed by atoms with Crippen molar-refractivity contribution in [3.8, 4) is 11.5 Å². The topological polar surface area (TPSA) is 79.4 Å². The van der Waals surface area contributed by atoms with Gasteiger partial charge in [-0.3, -0.25) is 4.79 Å².